The fourth-order valence-corrected chi connectivity index (χ4v) is 3.70. The Balaban J connectivity index is 1.48. The Morgan fingerprint density at radius 3 is 2.73 bits per heavy atom. The van der Waals surface area contributed by atoms with Crippen LogP contribution in [-0.4, -0.2) is 43.3 Å². The third kappa shape index (κ3) is 3.68. The minimum absolute atomic E-state index is 0.00583. The third-order valence-electron chi connectivity index (χ3n) is 4.99. The molecule has 0 N–H and O–H groups in total. The summed E-state index contributed by atoms with van der Waals surface area (Å²) < 4.78 is 10.9. The summed E-state index contributed by atoms with van der Waals surface area (Å²) in [4.78, 5) is 13.9. The topological polar surface area (TPSA) is 38.8 Å². The van der Waals surface area contributed by atoms with Gasteiger partial charge >= 0.3 is 5.97 Å². The Hall–Kier alpha value is -1.39. The van der Waals surface area contributed by atoms with Crippen LogP contribution in [0.25, 0.3) is 0 Å². The van der Waals surface area contributed by atoms with Crippen molar-refractivity contribution in [3.8, 4) is 0 Å². The number of carbonyl (C=O) groups is 1. The van der Waals surface area contributed by atoms with Crippen molar-refractivity contribution in [2.75, 3.05) is 26.8 Å². The summed E-state index contributed by atoms with van der Waals surface area (Å²) in [5, 5.41) is 0. The number of rotatable bonds is 4. The van der Waals surface area contributed by atoms with Gasteiger partial charge in [-0.1, -0.05) is 30.3 Å². The summed E-state index contributed by atoms with van der Waals surface area (Å²) in [5.41, 5.74) is 1.38. The Kier molecular flexibility index (Phi) is 4.79. The monoisotopic (exact) mass is 303 g/mol. The molecule has 1 atom stereocenters. The molecule has 0 radical (unpaired) electrons. The first-order valence-corrected chi connectivity index (χ1v) is 8.16. The van der Waals surface area contributed by atoms with Crippen molar-refractivity contribution in [3.05, 3.63) is 35.9 Å². The van der Waals surface area contributed by atoms with Crippen LogP contribution in [0.1, 0.15) is 31.2 Å². The van der Waals surface area contributed by atoms with Gasteiger partial charge in [-0.2, -0.15) is 0 Å². The maximum atomic E-state index is 11.4. The number of piperidine rings is 1. The number of hydrogen-bond donors (Lipinski definition) is 0. The van der Waals surface area contributed by atoms with Gasteiger partial charge in [-0.05, 0) is 30.7 Å². The average molecular weight is 303 g/mol. The van der Waals surface area contributed by atoms with Crippen molar-refractivity contribution in [1.29, 1.82) is 0 Å². The van der Waals surface area contributed by atoms with E-state index in [0.29, 0.717) is 18.9 Å². The number of likely N-dealkylation sites (tertiary alicyclic amines) is 1. The molecule has 0 aromatic heterocycles. The molecule has 4 nitrogen and oxygen atoms in total. The lowest BCUT2D eigenvalue weighted by atomic mass is 9.84. The summed E-state index contributed by atoms with van der Waals surface area (Å²) in [5.74, 6) is 0.209. The lowest BCUT2D eigenvalue weighted by Gasteiger charge is -2.38. The Labute approximate surface area is 132 Å². The van der Waals surface area contributed by atoms with E-state index in [0.717, 1.165) is 38.9 Å². The van der Waals surface area contributed by atoms with Crippen molar-refractivity contribution in [2.24, 2.45) is 5.92 Å². The number of carbonyl (C=O) groups excluding carboxylic acids is 1. The van der Waals surface area contributed by atoms with Crippen molar-refractivity contribution >= 4 is 5.97 Å². The molecule has 0 aliphatic carbocycles. The molecule has 1 aromatic rings. The molecule has 0 saturated carbocycles. The molecule has 0 amide bonds. The molecule has 3 rings (SSSR count). The van der Waals surface area contributed by atoms with Gasteiger partial charge in [0.25, 0.3) is 0 Å². The summed E-state index contributed by atoms with van der Waals surface area (Å²) in [6.45, 7) is 3.86. The normalized spacial score (nSPS) is 24.5. The second-order valence-electron chi connectivity index (χ2n) is 6.61. The second-order valence-corrected chi connectivity index (χ2v) is 6.61. The van der Waals surface area contributed by atoms with Crippen LogP contribution < -0.4 is 0 Å². The van der Waals surface area contributed by atoms with E-state index in [9.17, 15) is 4.79 Å². The van der Waals surface area contributed by atoms with E-state index < -0.39 is 0 Å². The fourth-order valence-electron chi connectivity index (χ4n) is 3.70. The molecular formula is C18H25NO3. The number of methoxy groups -OCH3 is 1. The van der Waals surface area contributed by atoms with Gasteiger partial charge in [-0.25, -0.2) is 0 Å². The van der Waals surface area contributed by atoms with E-state index in [-0.39, 0.29) is 11.6 Å². The minimum Gasteiger partial charge on any atom is -0.469 e. The molecule has 120 valence electrons. The van der Waals surface area contributed by atoms with Crippen molar-refractivity contribution in [2.45, 2.75) is 37.8 Å². The first-order chi connectivity index (χ1) is 10.7. The molecule has 1 aromatic carbocycles. The molecule has 2 aliphatic rings. The molecule has 2 aliphatic heterocycles. The minimum atomic E-state index is -0.118. The highest BCUT2D eigenvalue weighted by molar-refractivity contribution is 5.69. The van der Waals surface area contributed by atoms with Crippen LogP contribution in [0.15, 0.2) is 30.3 Å². The summed E-state index contributed by atoms with van der Waals surface area (Å²) in [7, 11) is 1.45. The van der Waals surface area contributed by atoms with Gasteiger partial charge in [0.05, 0.1) is 25.7 Å². The molecular weight excluding hydrogens is 278 g/mol. The predicted octanol–water partition coefficient (Wildman–Crippen LogP) is 2.62. The standard InChI is InChI=1S/C18H25NO3/c1-21-17(20)11-16-12-18(22-14-16)7-9-19(10-8-18)13-15-5-3-2-4-6-15/h2-6,16H,7-14H2,1H3. The number of nitrogens with zero attached hydrogens (tertiary/aromatic N) is 1. The molecule has 2 heterocycles. The molecule has 2 fully saturated rings. The van der Waals surface area contributed by atoms with Crippen LogP contribution in [0.5, 0.6) is 0 Å². The van der Waals surface area contributed by atoms with Crippen molar-refractivity contribution in [3.63, 3.8) is 0 Å². The molecule has 2 saturated heterocycles. The van der Waals surface area contributed by atoms with E-state index in [1.165, 1.54) is 12.7 Å². The van der Waals surface area contributed by atoms with Gasteiger partial charge < -0.3 is 9.47 Å². The maximum absolute atomic E-state index is 11.4. The van der Waals surface area contributed by atoms with Crippen LogP contribution in [0.2, 0.25) is 0 Å². The Bertz CT molecular complexity index is 494. The largest absolute Gasteiger partial charge is 0.469 e. The Morgan fingerprint density at radius 2 is 2.05 bits per heavy atom. The quantitative estimate of drug-likeness (QED) is 0.802. The number of benzene rings is 1. The first-order valence-electron chi connectivity index (χ1n) is 8.16. The number of ether oxygens (including phenoxy) is 2. The van der Waals surface area contributed by atoms with E-state index in [4.69, 9.17) is 9.47 Å². The third-order valence-corrected chi connectivity index (χ3v) is 4.99. The zero-order valence-electron chi connectivity index (χ0n) is 13.3. The van der Waals surface area contributed by atoms with Crippen LogP contribution in [0.4, 0.5) is 0 Å². The first kappa shape index (κ1) is 15.5. The summed E-state index contributed by atoms with van der Waals surface area (Å²) >= 11 is 0. The Morgan fingerprint density at radius 1 is 1.32 bits per heavy atom. The van der Waals surface area contributed by atoms with Crippen LogP contribution >= 0.6 is 0 Å². The van der Waals surface area contributed by atoms with Crippen LogP contribution in [-0.2, 0) is 20.8 Å². The zero-order valence-corrected chi connectivity index (χ0v) is 13.3. The highest BCUT2D eigenvalue weighted by Crippen LogP contribution is 2.40. The highest BCUT2D eigenvalue weighted by atomic mass is 16.5. The predicted molar refractivity (Wildman–Crippen MR) is 84.4 cm³/mol. The second kappa shape index (κ2) is 6.80. The average Bonchev–Trinajstić information content (AvgIpc) is 2.93. The fraction of sp³-hybridized carbons (Fsp3) is 0.611. The SMILES string of the molecule is COC(=O)CC1COC2(CCN(Cc3ccccc3)CC2)C1. The van der Waals surface area contributed by atoms with Gasteiger partial charge in [0, 0.05) is 19.6 Å². The van der Waals surface area contributed by atoms with E-state index in [1.54, 1.807) is 0 Å². The number of hydrogen-bond acceptors (Lipinski definition) is 4. The van der Waals surface area contributed by atoms with Crippen molar-refractivity contribution < 1.29 is 14.3 Å². The molecule has 22 heavy (non-hydrogen) atoms. The van der Waals surface area contributed by atoms with E-state index in [2.05, 4.69) is 35.2 Å². The van der Waals surface area contributed by atoms with Gasteiger partial charge in [0.1, 0.15) is 0 Å². The molecule has 0 bridgehead atoms. The van der Waals surface area contributed by atoms with Gasteiger partial charge in [0.2, 0.25) is 0 Å². The van der Waals surface area contributed by atoms with Crippen molar-refractivity contribution in [1.82, 2.24) is 4.90 Å². The van der Waals surface area contributed by atoms with Crippen LogP contribution in [0, 0.1) is 5.92 Å². The van der Waals surface area contributed by atoms with E-state index in [1.807, 2.05) is 0 Å². The smallest absolute Gasteiger partial charge is 0.305 e. The maximum Gasteiger partial charge on any atom is 0.305 e. The highest BCUT2D eigenvalue weighted by Gasteiger charge is 2.43. The lowest BCUT2D eigenvalue weighted by molar-refractivity contribution is -0.141. The number of esters is 1. The zero-order chi connectivity index (χ0) is 15.4. The van der Waals surface area contributed by atoms with E-state index >= 15 is 0 Å². The summed E-state index contributed by atoms with van der Waals surface area (Å²) in [6.07, 6.45) is 3.63. The van der Waals surface area contributed by atoms with Crippen LogP contribution in [0.3, 0.4) is 0 Å². The molecule has 4 heteroatoms. The van der Waals surface area contributed by atoms with Gasteiger partial charge in [-0.3, -0.25) is 9.69 Å². The lowest BCUT2D eigenvalue weighted by Crippen LogP contribution is -2.43. The van der Waals surface area contributed by atoms with Gasteiger partial charge in [-0.15, -0.1) is 0 Å². The molecule has 1 spiro atoms. The summed E-state index contributed by atoms with van der Waals surface area (Å²) in [6, 6.07) is 10.6. The molecule has 1 unspecified atom stereocenters. The van der Waals surface area contributed by atoms with Gasteiger partial charge in [0.15, 0.2) is 0 Å².